The van der Waals surface area contributed by atoms with Crippen molar-refractivity contribution < 1.29 is 23.7 Å². The number of carbonyl (C=O) groups excluding carboxylic acids is 1. The molecule has 0 saturated carbocycles. The van der Waals surface area contributed by atoms with Crippen molar-refractivity contribution in [2.24, 2.45) is 5.41 Å². The summed E-state index contributed by atoms with van der Waals surface area (Å²) in [7, 11) is 1.77. The highest BCUT2D eigenvalue weighted by molar-refractivity contribution is 7.22. The summed E-state index contributed by atoms with van der Waals surface area (Å²) >= 11 is 12.6. The molecule has 0 bridgehead atoms. The van der Waals surface area contributed by atoms with Crippen LogP contribution in [0.5, 0.6) is 23.0 Å². The van der Waals surface area contributed by atoms with E-state index in [1.165, 1.54) is 74.5 Å². The maximum Gasteiger partial charge on any atom is 0.259 e. The van der Waals surface area contributed by atoms with E-state index in [0.29, 0.717) is 13.2 Å². The molecular formula is C56H75NO5S7. The van der Waals surface area contributed by atoms with Crippen LogP contribution in [0.3, 0.4) is 0 Å². The average molecular weight is 1070 g/mol. The molecule has 0 radical (unpaired) electrons. The minimum Gasteiger partial charge on any atom is -0.488 e. The molecule has 0 fully saturated rings. The Morgan fingerprint density at radius 3 is 1.12 bits per heavy atom. The number of rotatable bonds is 3. The van der Waals surface area contributed by atoms with Gasteiger partial charge in [-0.25, -0.2) is 0 Å². The van der Waals surface area contributed by atoms with Gasteiger partial charge in [-0.05, 0) is 157 Å². The second kappa shape index (κ2) is 25.6. The van der Waals surface area contributed by atoms with Crippen LogP contribution >= 0.6 is 79.4 Å². The molecule has 7 aromatic heterocycles. The molecule has 0 atom stereocenters. The molecule has 10 rings (SSSR count). The van der Waals surface area contributed by atoms with E-state index in [1.54, 1.807) is 46.0 Å². The molecule has 7 aromatic rings. The minimum atomic E-state index is 0. The van der Waals surface area contributed by atoms with Crippen molar-refractivity contribution in [3.8, 4) is 32.8 Å². The van der Waals surface area contributed by atoms with Crippen molar-refractivity contribution in [2.45, 2.75) is 131 Å². The Morgan fingerprint density at radius 2 is 0.812 bits per heavy atom. The van der Waals surface area contributed by atoms with Gasteiger partial charge in [0.25, 0.3) is 5.91 Å². The molecule has 13 heteroatoms. The van der Waals surface area contributed by atoms with Crippen LogP contribution < -0.4 is 18.9 Å². The van der Waals surface area contributed by atoms with Gasteiger partial charge in [0.2, 0.25) is 0 Å². The van der Waals surface area contributed by atoms with Crippen LogP contribution in [-0.2, 0) is 0 Å². The Bertz CT molecular complexity index is 2620. The molecule has 6 nitrogen and oxygen atoms in total. The maximum atomic E-state index is 11.7. The molecule has 3 aliphatic rings. The van der Waals surface area contributed by atoms with Crippen molar-refractivity contribution in [3.05, 3.63) is 124 Å². The molecule has 0 unspecified atom stereocenters. The Kier molecular flexibility index (Phi) is 21.5. The predicted molar refractivity (Wildman–Crippen MR) is 308 cm³/mol. The van der Waals surface area contributed by atoms with Gasteiger partial charge in [0.15, 0.2) is 23.0 Å². The molecule has 0 spiro atoms. The summed E-state index contributed by atoms with van der Waals surface area (Å²) in [5.41, 5.74) is 5.87. The number of hydrogen-bond donors (Lipinski definition) is 0. The van der Waals surface area contributed by atoms with E-state index in [0.717, 1.165) is 70.8 Å². The normalized spacial score (nSPS) is 13.7. The van der Waals surface area contributed by atoms with Crippen LogP contribution in [0.25, 0.3) is 15.5 Å². The number of fused-ring (bicyclic) bond motifs is 3. The number of carbonyl (C=O) groups is 1. The van der Waals surface area contributed by atoms with Crippen molar-refractivity contribution in [2.75, 3.05) is 33.5 Å². The Balaban J connectivity index is 0.000000183. The first kappa shape index (κ1) is 57.9. The highest BCUT2D eigenvalue weighted by Crippen LogP contribution is 2.46. The van der Waals surface area contributed by atoms with Gasteiger partial charge in [-0.2, -0.15) is 0 Å². The van der Waals surface area contributed by atoms with E-state index < -0.39 is 0 Å². The third-order valence-electron chi connectivity index (χ3n) is 12.4. The minimum absolute atomic E-state index is 0. The Labute approximate surface area is 442 Å². The van der Waals surface area contributed by atoms with Crippen LogP contribution in [0.15, 0.2) is 43.0 Å². The molecule has 69 heavy (non-hydrogen) atoms. The molecule has 0 aromatic carbocycles. The smallest absolute Gasteiger partial charge is 0.259 e. The van der Waals surface area contributed by atoms with Gasteiger partial charge in [0.1, 0.15) is 13.2 Å². The largest absolute Gasteiger partial charge is 0.488 e. The SMILES string of the molecule is C.C=C1c2c(C)sc(C)c2C(=O)N1C.CCC1(CC)COc2c(C)sc(C)c2OC1.Cc1ccc(-c2ccc(C)s2)s1.Cc1ccc(C)s1.Cc1sc(C)c(C)c1C.Cc1sc(C)c2c1OCCO2. The van der Waals surface area contributed by atoms with Gasteiger partial charge in [-0.15, -0.1) is 79.4 Å². The van der Waals surface area contributed by atoms with Crippen molar-refractivity contribution in [3.63, 3.8) is 0 Å². The summed E-state index contributed by atoms with van der Waals surface area (Å²) in [5, 5.41) is 0. The highest BCUT2D eigenvalue weighted by atomic mass is 32.1. The van der Waals surface area contributed by atoms with E-state index in [2.05, 4.69) is 140 Å². The first-order chi connectivity index (χ1) is 32.1. The summed E-state index contributed by atoms with van der Waals surface area (Å²) in [6.45, 7) is 40.9. The monoisotopic (exact) mass is 1070 g/mol. The summed E-state index contributed by atoms with van der Waals surface area (Å²) in [5.74, 6) is 3.96. The maximum absolute atomic E-state index is 11.7. The topological polar surface area (TPSA) is 57.2 Å². The highest BCUT2D eigenvalue weighted by Gasteiger charge is 2.34. The van der Waals surface area contributed by atoms with E-state index in [4.69, 9.17) is 18.9 Å². The lowest BCUT2D eigenvalue weighted by Crippen LogP contribution is -2.32. The molecule has 376 valence electrons. The lowest BCUT2D eigenvalue weighted by molar-refractivity contribution is 0.0874. The fourth-order valence-corrected chi connectivity index (χ4v) is 14.4. The van der Waals surface area contributed by atoms with Crippen molar-refractivity contribution >= 4 is 91.0 Å². The number of thiophene rings is 7. The number of hydrogen-bond acceptors (Lipinski definition) is 12. The molecular weight excluding hydrogens is 991 g/mol. The van der Waals surface area contributed by atoms with E-state index in [1.807, 2.05) is 59.2 Å². The predicted octanol–water partition coefficient (Wildman–Crippen LogP) is 18.6. The quantitative estimate of drug-likeness (QED) is 0.176. The van der Waals surface area contributed by atoms with Gasteiger partial charge in [-0.1, -0.05) is 27.9 Å². The molecule has 0 saturated heterocycles. The molecule has 0 N–H and O–H groups in total. The number of ether oxygens (including phenoxy) is 4. The standard InChI is InChI=1S/C13H20O2S.C10H11NOS.C10H10S2.C8H10O2S.C8H12S.C6H8S.CH4/c1-5-13(6-2)7-14-11-9(3)16-10(4)12(11)15-8-13;1-5-8-6(2)13-7(3)9(8)10(12)11(5)4;1-7-3-5-9(11-7)10-6-4-8(2)12-10;1-5-7-8(6(2)11-5)10-4-3-9-7;1-5-6(2)8(4)9-7(5)3;1-5-3-4-6(2)7-5;/h5-8H2,1-4H3;1H2,2-4H3;3-6H,1-2H3;3-4H2,1-2H3;1-4H3;3-4H,1-2H3;1H4. The second-order valence-electron chi connectivity index (χ2n) is 17.4. The van der Waals surface area contributed by atoms with Gasteiger partial charge < -0.3 is 23.8 Å². The van der Waals surface area contributed by atoms with Crippen molar-refractivity contribution in [1.82, 2.24) is 4.90 Å². The number of aryl methyl sites for hydroxylation is 12. The molecule has 1 amide bonds. The third kappa shape index (κ3) is 14.3. The fraction of sp³-hybridized carbons (Fsp3) is 0.446. The first-order valence-corrected chi connectivity index (χ1v) is 28.8. The molecule has 10 heterocycles. The second-order valence-corrected chi connectivity index (χ2v) is 27.2. The average Bonchev–Trinajstić information content (AvgIpc) is 4.20. The van der Waals surface area contributed by atoms with Gasteiger partial charge in [0, 0.05) is 92.0 Å². The Hall–Kier alpha value is -3.69. The summed E-state index contributed by atoms with van der Waals surface area (Å²) in [6, 6.07) is 13.0. The third-order valence-corrected chi connectivity index (χ3v) is 19.7. The van der Waals surface area contributed by atoms with Crippen LogP contribution in [0.1, 0.15) is 120 Å². The van der Waals surface area contributed by atoms with Gasteiger partial charge >= 0.3 is 0 Å². The number of nitrogens with zero attached hydrogens (tertiary/aromatic N) is 1. The zero-order valence-electron chi connectivity index (χ0n) is 43.3. The van der Waals surface area contributed by atoms with Gasteiger partial charge in [0.05, 0.1) is 18.8 Å². The van der Waals surface area contributed by atoms with Crippen LogP contribution in [-0.4, -0.2) is 44.3 Å². The van der Waals surface area contributed by atoms with Crippen LogP contribution in [0, 0.1) is 102 Å². The fourth-order valence-electron chi connectivity index (χ4n) is 7.74. The zero-order chi connectivity index (χ0) is 50.2. The number of amides is 1. The zero-order valence-corrected chi connectivity index (χ0v) is 49.0. The first-order valence-electron chi connectivity index (χ1n) is 23.1. The summed E-state index contributed by atoms with van der Waals surface area (Å²) in [4.78, 5) is 31.8. The van der Waals surface area contributed by atoms with E-state index >= 15 is 0 Å². The van der Waals surface area contributed by atoms with E-state index in [-0.39, 0.29) is 18.7 Å². The lowest BCUT2D eigenvalue weighted by Gasteiger charge is -2.28. The van der Waals surface area contributed by atoms with E-state index in [9.17, 15) is 4.79 Å². The summed E-state index contributed by atoms with van der Waals surface area (Å²) < 4.78 is 22.9. The molecule has 0 aliphatic carbocycles. The Morgan fingerprint density at radius 1 is 0.478 bits per heavy atom. The van der Waals surface area contributed by atoms with Gasteiger partial charge in [-0.3, -0.25) is 4.79 Å². The molecule has 3 aliphatic heterocycles. The lowest BCUT2D eigenvalue weighted by atomic mass is 9.84. The van der Waals surface area contributed by atoms with Crippen molar-refractivity contribution in [1.29, 1.82) is 0 Å². The van der Waals surface area contributed by atoms with Crippen LogP contribution in [0.2, 0.25) is 0 Å². The summed E-state index contributed by atoms with van der Waals surface area (Å²) in [6.07, 6.45) is 2.21. The van der Waals surface area contributed by atoms with Crippen LogP contribution in [0.4, 0.5) is 0 Å².